The topological polar surface area (TPSA) is 83.8 Å². The van der Waals surface area contributed by atoms with Crippen LogP contribution in [0.2, 0.25) is 0 Å². The molecule has 1 aliphatic carbocycles. The van der Waals surface area contributed by atoms with Crippen molar-refractivity contribution in [2.75, 3.05) is 19.8 Å². The van der Waals surface area contributed by atoms with Gasteiger partial charge in [0, 0.05) is 12.8 Å². The van der Waals surface area contributed by atoms with Crippen molar-refractivity contribution in [1.82, 2.24) is 0 Å². The van der Waals surface area contributed by atoms with E-state index in [2.05, 4.69) is 4.99 Å². The number of aliphatic imine (C=N–C) groups is 1. The summed E-state index contributed by atoms with van der Waals surface area (Å²) < 4.78 is 24.1. The van der Waals surface area contributed by atoms with Crippen LogP contribution in [0.15, 0.2) is 16.9 Å². The van der Waals surface area contributed by atoms with Gasteiger partial charge in [-0.25, -0.2) is 0 Å². The number of nitrogens with zero attached hydrogens (tertiary/aromatic N) is 2. The zero-order valence-electron chi connectivity index (χ0n) is 12.9. The van der Waals surface area contributed by atoms with Crippen molar-refractivity contribution in [2.24, 2.45) is 10.9 Å². The fourth-order valence-electron chi connectivity index (χ4n) is 2.78. The van der Waals surface area contributed by atoms with Crippen LogP contribution in [0.1, 0.15) is 39.0 Å². The summed E-state index contributed by atoms with van der Waals surface area (Å²) in [6.45, 7) is 1.54. The number of hydrogen-bond acceptors (Lipinski definition) is 4. The Hall–Kier alpha value is -1.21. The highest BCUT2D eigenvalue weighted by Crippen LogP contribution is 2.36. The monoisotopic (exact) mass is 317 g/mol. The fourth-order valence-corrected chi connectivity index (χ4v) is 3.69. The molecule has 0 bridgehead atoms. The molecule has 0 radical (unpaired) electrons. The molecule has 120 valence electrons. The molecule has 2 aliphatic rings. The SMILES string of the molecule is CC(=O)O.C[N+]1(S(C)(=O)=O)CC=NC=C1C1CCCCC1. The summed E-state index contributed by atoms with van der Waals surface area (Å²) >= 11 is 0. The molecule has 0 amide bonds. The number of allylic oxidation sites excluding steroid dienone is 1. The number of carbonyl (C=O) groups is 1. The summed E-state index contributed by atoms with van der Waals surface area (Å²) in [5.74, 6) is -0.444. The molecule has 2 rings (SSSR count). The van der Waals surface area contributed by atoms with Crippen LogP contribution < -0.4 is 0 Å². The summed E-state index contributed by atoms with van der Waals surface area (Å²) in [6, 6.07) is 0. The van der Waals surface area contributed by atoms with E-state index in [0.29, 0.717) is 12.5 Å². The lowest BCUT2D eigenvalue weighted by molar-refractivity contribution is -0.737. The van der Waals surface area contributed by atoms with Crippen LogP contribution >= 0.6 is 0 Å². The van der Waals surface area contributed by atoms with Crippen LogP contribution in [-0.2, 0) is 14.8 Å². The largest absolute Gasteiger partial charge is 0.481 e. The molecule has 1 heterocycles. The van der Waals surface area contributed by atoms with E-state index in [0.717, 1.165) is 25.5 Å². The third kappa shape index (κ3) is 4.64. The summed E-state index contributed by atoms with van der Waals surface area (Å²) in [4.78, 5) is 13.2. The first kappa shape index (κ1) is 17.8. The quantitative estimate of drug-likeness (QED) is 0.789. The molecule has 0 aromatic carbocycles. The van der Waals surface area contributed by atoms with Gasteiger partial charge in [-0.05, 0) is 12.8 Å². The molecule has 1 aliphatic heterocycles. The number of hydrogen-bond donors (Lipinski definition) is 1. The van der Waals surface area contributed by atoms with Crippen LogP contribution in [0.4, 0.5) is 0 Å². The van der Waals surface area contributed by atoms with Gasteiger partial charge in [0.2, 0.25) is 0 Å². The van der Waals surface area contributed by atoms with E-state index in [9.17, 15) is 8.42 Å². The van der Waals surface area contributed by atoms with Crippen LogP contribution in [0.5, 0.6) is 0 Å². The van der Waals surface area contributed by atoms with Crippen LogP contribution in [-0.4, -0.2) is 49.4 Å². The fraction of sp³-hybridized carbons (Fsp3) is 0.714. The zero-order chi connectivity index (χ0) is 16.1. The first-order valence-corrected chi connectivity index (χ1v) is 9.01. The van der Waals surface area contributed by atoms with E-state index in [1.165, 1.54) is 25.5 Å². The van der Waals surface area contributed by atoms with Gasteiger partial charge in [0.05, 0.1) is 25.7 Å². The number of aliphatic carboxylic acids is 1. The van der Waals surface area contributed by atoms with Crippen LogP contribution in [0.3, 0.4) is 0 Å². The zero-order valence-corrected chi connectivity index (χ0v) is 13.8. The van der Waals surface area contributed by atoms with Crippen molar-refractivity contribution in [1.29, 1.82) is 0 Å². The molecular weight excluding hydrogens is 292 g/mol. The van der Waals surface area contributed by atoms with Gasteiger partial charge in [0.15, 0.2) is 0 Å². The Bertz CT molecular complexity index is 529. The number of carboxylic acid groups (broad SMARTS) is 1. The molecule has 0 aromatic heterocycles. The Morgan fingerprint density at radius 1 is 1.33 bits per heavy atom. The lowest BCUT2D eigenvalue weighted by Gasteiger charge is -2.37. The van der Waals surface area contributed by atoms with E-state index in [-0.39, 0.29) is 3.89 Å². The number of sulfonamides is 1. The maximum atomic E-state index is 12.0. The Morgan fingerprint density at radius 2 is 1.86 bits per heavy atom. The molecule has 7 heteroatoms. The van der Waals surface area contributed by atoms with E-state index >= 15 is 0 Å². The van der Waals surface area contributed by atoms with Crippen molar-refractivity contribution >= 4 is 22.2 Å². The minimum atomic E-state index is -3.15. The molecule has 0 spiro atoms. The Morgan fingerprint density at radius 3 is 2.33 bits per heavy atom. The molecule has 1 saturated carbocycles. The number of rotatable bonds is 2. The highest BCUT2D eigenvalue weighted by atomic mass is 32.2. The molecule has 21 heavy (non-hydrogen) atoms. The van der Waals surface area contributed by atoms with E-state index in [4.69, 9.17) is 9.90 Å². The first-order chi connectivity index (χ1) is 9.68. The maximum absolute atomic E-state index is 12.0. The summed E-state index contributed by atoms with van der Waals surface area (Å²) in [7, 11) is -1.35. The Balaban J connectivity index is 0.000000491. The smallest absolute Gasteiger partial charge is 0.300 e. The van der Waals surface area contributed by atoms with Crippen molar-refractivity contribution in [3.8, 4) is 0 Å². The average molecular weight is 317 g/mol. The minimum absolute atomic E-state index is 0.0150. The van der Waals surface area contributed by atoms with Crippen molar-refractivity contribution in [3.05, 3.63) is 11.9 Å². The highest BCUT2D eigenvalue weighted by molar-refractivity contribution is 7.85. The van der Waals surface area contributed by atoms with Gasteiger partial charge in [-0.3, -0.25) is 9.79 Å². The van der Waals surface area contributed by atoms with E-state index in [1.807, 2.05) is 0 Å². The lowest BCUT2D eigenvalue weighted by atomic mass is 9.86. The number of carboxylic acids is 1. The summed E-state index contributed by atoms with van der Waals surface area (Å²) in [5, 5.41) is 7.42. The van der Waals surface area contributed by atoms with Gasteiger partial charge in [-0.2, -0.15) is 12.3 Å². The van der Waals surface area contributed by atoms with E-state index < -0.39 is 16.0 Å². The third-order valence-electron chi connectivity index (χ3n) is 4.04. The van der Waals surface area contributed by atoms with Gasteiger partial charge in [-0.15, -0.1) is 0 Å². The van der Waals surface area contributed by atoms with Crippen molar-refractivity contribution in [2.45, 2.75) is 39.0 Å². The molecule has 1 atom stereocenters. The van der Waals surface area contributed by atoms with Gasteiger partial charge >= 0.3 is 0 Å². The third-order valence-corrected chi connectivity index (χ3v) is 5.87. The van der Waals surface area contributed by atoms with Gasteiger partial charge in [0.1, 0.15) is 12.2 Å². The standard InChI is InChI=1S/C12H21N2O2S.C2H4O2/c1-14(17(2,15)16)9-8-13-10-12(14)11-6-4-3-5-7-11;1-2(3)4/h8,10-11H,3-7,9H2,1-2H3;1H3,(H,3,4)/q+1;. The van der Waals surface area contributed by atoms with Crippen LogP contribution in [0.25, 0.3) is 0 Å². The maximum Gasteiger partial charge on any atom is 0.300 e. The molecule has 0 saturated heterocycles. The average Bonchev–Trinajstić information content (AvgIpc) is 2.38. The van der Waals surface area contributed by atoms with Crippen molar-refractivity contribution in [3.63, 3.8) is 0 Å². The van der Waals surface area contributed by atoms with E-state index in [1.54, 1.807) is 19.5 Å². The molecular formula is C14H25N2O4S+. The Kier molecular flexibility index (Phi) is 6.10. The highest BCUT2D eigenvalue weighted by Gasteiger charge is 2.42. The van der Waals surface area contributed by atoms with Gasteiger partial charge in [-0.1, -0.05) is 19.3 Å². The van der Waals surface area contributed by atoms with Gasteiger partial charge in [0.25, 0.3) is 16.0 Å². The predicted octanol–water partition coefficient (Wildman–Crippen LogP) is 1.99. The summed E-state index contributed by atoms with van der Waals surface area (Å²) in [6.07, 6.45) is 10.7. The Labute approximate surface area is 126 Å². The second-order valence-electron chi connectivity index (χ2n) is 5.76. The molecule has 1 fully saturated rings. The molecule has 1 unspecified atom stereocenters. The lowest BCUT2D eigenvalue weighted by Crippen LogP contribution is -2.51. The predicted molar refractivity (Wildman–Crippen MR) is 82.4 cm³/mol. The number of quaternary nitrogens is 1. The second-order valence-corrected chi connectivity index (χ2v) is 8.03. The molecule has 1 N–H and O–H groups in total. The summed E-state index contributed by atoms with van der Waals surface area (Å²) in [5.41, 5.74) is 0.981. The normalized spacial score (nSPS) is 26.5. The molecule has 6 nitrogen and oxygen atoms in total. The van der Waals surface area contributed by atoms with Crippen LogP contribution in [0, 0.1) is 5.92 Å². The molecule has 0 aromatic rings. The minimum Gasteiger partial charge on any atom is -0.481 e. The van der Waals surface area contributed by atoms with Crippen molar-refractivity contribution < 1.29 is 22.2 Å². The first-order valence-electron chi connectivity index (χ1n) is 7.16. The second kappa shape index (κ2) is 7.17. The van der Waals surface area contributed by atoms with Gasteiger partial charge < -0.3 is 5.11 Å².